The van der Waals surface area contributed by atoms with Crippen molar-refractivity contribution in [3.05, 3.63) is 36.4 Å². The zero-order valence-electron chi connectivity index (χ0n) is 16.8. The maximum Gasteiger partial charge on any atom is 0.323 e. The molecular formula is C18H26N6O6Tc. The number of aromatic nitrogens is 4. The minimum absolute atomic E-state index is 0. The molecule has 31 heavy (non-hydrogen) atoms. The van der Waals surface area contributed by atoms with E-state index in [2.05, 4.69) is 9.97 Å². The SMILES string of the molecule is N[C@@H](CCCCN(Cc1nccn1CC(=O)O)Cc1nccn1CC(=O)O)C(=O)O.[Tc]. The van der Waals surface area contributed by atoms with Crippen molar-refractivity contribution in [1.29, 1.82) is 0 Å². The number of carboxylic acids is 3. The van der Waals surface area contributed by atoms with Gasteiger partial charge in [-0.15, -0.1) is 0 Å². The van der Waals surface area contributed by atoms with E-state index in [1.54, 1.807) is 12.4 Å². The summed E-state index contributed by atoms with van der Waals surface area (Å²) < 4.78 is 3.05. The molecule has 13 heteroatoms. The molecule has 1 radical (unpaired) electrons. The molecule has 0 aromatic carbocycles. The molecule has 0 bridgehead atoms. The second-order valence-electron chi connectivity index (χ2n) is 6.88. The summed E-state index contributed by atoms with van der Waals surface area (Å²) in [6.45, 7) is 0.761. The van der Waals surface area contributed by atoms with Gasteiger partial charge in [0.2, 0.25) is 0 Å². The van der Waals surface area contributed by atoms with Crippen LogP contribution in [0.5, 0.6) is 0 Å². The van der Waals surface area contributed by atoms with Gasteiger partial charge in [-0.05, 0) is 19.4 Å². The van der Waals surface area contributed by atoms with E-state index in [0.29, 0.717) is 50.5 Å². The first-order valence-corrected chi connectivity index (χ1v) is 9.40. The number of hydrogen-bond donors (Lipinski definition) is 4. The summed E-state index contributed by atoms with van der Waals surface area (Å²) in [5, 5.41) is 27.0. The maximum absolute atomic E-state index is 11.0. The fourth-order valence-corrected chi connectivity index (χ4v) is 3.00. The van der Waals surface area contributed by atoms with Gasteiger partial charge >= 0.3 is 17.9 Å². The first-order valence-electron chi connectivity index (χ1n) is 9.40. The molecule has 0 aliphatic carbocycles. The first-order chi connectivity index (χ1) is 14.3. The Morgan fingerprint density at radius 3 is 1.84 bits per heavy atom. The fraction of sp³-hybridized carbons (Fsp3) is 0.500. The molecule has 0 aliphatic rings. The van der Waals surface area contributed by atoms with Gasteiger partial charge in [-0.3, -0.25) is 19.3 Å². The number of unbranched alkanes of at least 4 members (excludes halogenated alkanes) is 1. The van der Waals surface area contributed by atoms with Gasteiger partial charge in [-0.2, -0.15) is 0 Å². The van der Waals surface area contributed by atoms with Gasteiger partial charge in [0.1, 0.15) is 30.8 Å². The van der Waals surface area contributed by atoms with Gasteiger partial charge in [0.15, 0.2) is 0 Å². The number of imidazole rings is 2. The Bertz CT molecular complexity index is 813. The average Bonchev–Trinajstić information content (AvgIpc) is 3.27. The fourth-order valence-electron chi connectivity index (χ4n) is 3.00. The van der Waals surface area contributed by atoms with Gasteiger partial charge in [-0.25, -0.2) is 9.97 Å². The van der Waals surface area contributed by atoms with Gasteiger partial charge in [0.25, 0.3) is 0 Å². The molecular weight excluding hydrogens is 494 g/mol. The molecule has 0 amide bonds. The molecule has 0 saturated heterocycles. The Kier molecular flexibility index (Phi) is 11.0. The molecule has 171 valence electrons. The van der Waals surface area contributed by atoms with E-state index >= 15 is 0 Å². The standard InChI is InChI=1S/C18H26N6O6.Tc/c19-13(18(29)30)3-1-2-6-22(9-14-20-4-7-23(14)11-16(25)26)10-15-21-5-8-24(15)12-17(27)28;/h4-5,7-8,13H,1-3,6,9-12,19H2,(H,25,26)(H,27,28)(H,29,30);/t13-;/m0./s1. The normalized spacial score (nSPS) is 11.8. The number of carboxylic acid groups (broad SMARTS) is 3. The number of aliphatic carboxylic acids is 3. The summed E-state index contributed by atoms with van der Waals surface area (Å²) in [7, 11) is 0. The van der Waals surface area contributed by atoms with Gasteiger partial charge in [0.05, 0.1) is 13.1 Å². The topological polar surface area (TPSA) is 177 Å². The van der Waals surface area contributed by atoms with E-state index in [1.165, 1.54) is 21.5 Å². The molecule has 2 aromatic rings. The third-order valence-electron chi connectivity index (χ3n) is 4.50. The van der Waals surface area contributed by atoms with Crippen LogP contribution in [0, 0.1) is 0 Å². The predicted octanol–water partition coefficient (Wildman–Crippen LogP) is -0.169. The van der Waals surface area contributed by atoms with Crippen LogP contribution in [0.4, 0.5) is 0 Å². The average molecular weight is 520 g/mol. The summed E-state index contributed by atoms with van der Waals surface area (Å²) in [5.41, 5.74) is 5.53. The van der Waals surface area contributed by atoms with Gasteiger partial charge in [0, 0.05) is 44.9 Å². The minimum Gasteiger partial charge on any atom is -0.480 e. The summed E-state index contributed by atoms with van der Waals surface area (Å²) >= 11 is 0. The van der Waals surface area contributed by atoms with Crippen molar-refractivity contribution < 1.29 is 49.8 Å². The Balaban J connectivity index is 0.00000480. The molecule has 2 rings (SSSR count). The van der Waals surface area contributed by atoms with Crippen molar-refractivity contribution in [2.24, 2.45) is 5.73 Å². The molecule has 5 N–H and O–H groups in total. The summed E-state index contributed by atoms with van der Waals surface area (Å²) in [6.07, 6.45) is 7.79. The van der Waals surface area contributed by atoms with E-state index < -0.39 is 23.9 Å². The van der Waals surface area contributed by atoms with E-state index in [4.69, 9.17) is 21.1 Å². The number of carbonyl (C=O) groups is 3. The van der Waals surface area contributed by atoms with Crippen LogP contribution < -0.4 is 5.73 Å². The molecule has 0 unspecified atom stereocenters. The second kappa shape index (κ2) is 13.0. The third kappa shape index (κ3) is 8.97. The Labute approximate surface area is 192 Å². The van der Waals surface area contributed by atoms with Crippen LogP contribution in [-0.4, -0.2) is 69.8 Å². The molecule has 1 atom stereocenters. The zero-order valence-corrected chi connectivity index (χ0v) is 18.7. The molecule has 12 nitrogen and oxygen atoms in total. The van der Waals surface area contributed by atoms with Crippen molar-refractivity contribution in [3.8, 4) is 0 Å². The molecule has 0 fully saturated rings. The van der Waals surface area contributed by atoms with E-state index in [1.807, 2.05) is 4.90 Å². The predicted molar refractivity (Wildman–Crippen MR) is 103 cm³/mol. The Morgan fingerprint density at radius 2 is 1.42 bits per heavy atom. The Hall–Kier alpha value is -2.60. The van der Waals surface area contributed by atoms with Crippen molar-refractivity contribution >= 4 is 17.9 Å². The number of hydrogen-bond acceptors (Lipinski definition) is 7. The first kappa shape index (κ1) is 26.4. The summed E-state index contributed by atoms with van der Waals surface area (Å²) in [6, 6.07) is -0.914. The molecule has 0 spiro atoms. The van der Waals surface area contributed by atoms with Crippen LogP contribution in [-0.2, 0) is 60.7 Å². The number of nitrogens with zero attached hydrogens (tertiary/aromatic N) is 5. The van der Waals surface area contributed by atoms with Crippen molar-refractivity contribution in [1.82, 2.24) is 24.0 Å². The number of nitrogens with two attached hydrogens (primary N) is 1. The van der Waals surface area contributed by atoms with Crippen molar-refractivity contribution in [3.63, 3.8) is 0 Å². The quantitative estimate of drug-likeness (QED) is 0.245. The van der Waals surface area contributed by atoms with Crippen LogP contribution in [0.3, 0.4) is 0 Å². The molecule has 2 aromatic heterocycles. The summed E-state index contributed by atoms with van der Waals surface area (Å²) in [5.74, 6) is -1.91. The number of rotatable bonds is 14. The van der Waals surface area contributed by atoms with Crippen molar-refractivity contribution in [2.75, 3.05) is 6.54 Å². The van der Waals surface area contributed by atoms with Crippen LogP contribution in [0.1, 0.15) is 30.9 Å². The van der Waals surface area contributed by atoms with Crippen molar-refractivity contribution in [2.45, 2.75) is 51.5 Å². The van der Waals surface area contributed by atoms with E-state index in [0.717, 1.165) is 0 Å². The van der Waals surface area contributed by atoms with Gasteiger partial charge in [-0.1, -0.05) is 6.42 Å². The van der Waals surface area contributed by atoms with Crippen LogP contribution in [0.25, 0.3) is 0 Å². The largest absolute Gasteiger partial charge is 0.480 e. The summed E-state index contributed by atoms with van der Waals surface area (Å²) in [4.78, 5) is 43.4. The van der Waals surface area contributed by atoms with E-state index in [9.17, 15) is 14.4 Å². The maximum atomic E-state index is 11.0. The Morgan fingerprint density at radius 1 is 0.935 bits per heavy atom. The van der Waals surface area contributed by atoms with Crippen LogP contribution >= 0.6 is 0 Å². The molecule has 0 aliphatic heterocycles. The zero-order chi connectivity index (χ0) is 22.1. The van der Waals surface area contributed by atoms with Crippen LogP contribution in [0.15, 0.2) is 24.8 Å². The smallest absolute Gasteiger partial charge is 0.323 e. The molecule has 2 heterocycles. The van der Waals surface area contributed by atoms with Crippen LogP contribution in [0.2, 0.25) is 0 Å². The van der Waals surface area contributed by atoms with E-state index in [-0.39, 0.29) is 33.2 Å². The minimum atomic E-state index is -1.04. The molecule has 0 saturated carbocycles. The second-order valence-corrected chi connectivity index (χ2v) is 6.88. The third-order valence-corrected chi connectivity index (χ3v) is 4.50. The van der Waals surface area contributed by atoms with Gasteiger partial charge < -0.3 is 30.2 Å². The monoisotopic (exact) mass is 519 g/mol.